The van der Waals surface area contributed by atoms with Crippen molar-refractivity contribution in [3.8, 4) is 11.1 Å². The van der Waals surface area contributed by atoms with Crippen LogP contribution in [0.3, 0.4) is 0 Å². The van der Waals surface area contributed by atoms with Gasteiger partial charge in [-0.25, -0.2) is 19.2 Å². The molecule has 50 heavy (non-hydrogen) atoms. The molecule has 3 atom stereocenters. The van der Waals surface area contributed by atoms with Gasteiger partial charge in [-0.1, -0.05) is 62.4 Å². The fourth-order valence-corrected chi connectivity index (χ4v) is 5.23. The van der Waals surface area contributed by atoms with Crippen LogP contribution in [0.15, 0.2) is 48.5 Å². The van der Waals surface area contributed by atoms with Gasteiger partial charge < -0.3 is 35.0 Å². The zero-order chi connectivity index (χ0) is 37.2. The molecule has 14 nitrogen and oxygen atoms in total. The van der Waals surface area contributed by atoms with Gasteiger partial charge in [0, 0.05) is 12.5 Å². The summed E-state index contributed by atoms with van der Waals surface area (Å²) in [5, 5.41) is 7.95. The Hall–Kier alpha value is -5.14. The summed E-state index contributed by atoms with van der Waals surface area (Å²) in [5.74, 6) is -4.00. The maximum atomic E-state index is 13.7. The van der Waals surface area contributed by atoms with Crippen LogP contribution in [0.5, 0.6) is 0 Å². The van der Waals surface area contributed by atoms with Crippen LogP contribution in [-0.4, -0.2) is 84.5 Å². The van der Waals surface area contributed by atoms with Crippen molar-refractivity contribution in [1.82, 2.24) is 21.0 Å². The van der Waals surface area contributed by atoms with Gasteiger partial charge in [-0.05, 0) is 69.7 Å². The first-order valence-corrected chi connectivity index (χ1v) is 16.6. The highest BCUT2D eigenvalue weighted by Gasteiger charge is 2.37. The van der Waals surface area contributed by atoms with Gasteiger partial charge in [0.15, 0.2) is 0 Å². The summed E-state index contributed by atoms with van der Waals surface area (Å²) in [4.78, 5) is 82.6. The minimum atomic E-state index is -1.45. The Labute approximate surface area is 292 Å². The average molecular weight is 697 g/mol. The number of rotatable bonds is 13. The van der Waals surface area contributed by atoms with E-state index in [2.05, 4.69) is 16.0 Å². The van der Waals surface area contributed by atoms with Crippen LogP contribution in [0.1, 0.15) is 78.9 Å². The quantitative estimate of drug-likeness (QED) is 0.156. The van der Waals surface area contributed by atoms with Crippen molar-refractivity contribution in [2.24, 2.45) is 5.92 Å². The molecule has 3 rings (SSSR count). The summed E-state index contributed by atoms with van der Waals surface area (Å²) < 4.78 is 15.8. The van der Waals surface area contributed by atoms with Crippen molar-refractivity contribution in [3.05, 3.63) is 59.7 Å². The summed E-state index contributed by atoms with van der Waals surface area (Å²) in [7, 11) is 0. The van der Waals surface area contributed by atoms with Crippen molar-refractivity contribution >= 4 is 35.9 Å². The molecule has 0 aliphatic heterocycles. The van der Waals surface area contributed by atoms with Gasteiger partial charge in [-0.2, -0.15) is 5.06 Å². The SMILES string of the molecule is CCOC(=O)[C@@H](NC(=O)[C@@H](C)N(OC(=O)CCNC(=O)OC(C)(C)C)C(=O)[C@H](C)NC(=O)OCC1c2ccccc2-c2ccccc21)C(C)C. The summed E-state index contributed by atoms with van der Waals surface area (Å²) in [6.07, 6.45) is -2.05. The maximum absolute atomic E-state index is 13.7. The predicted octanol–water partition coefficient (Wildman–Crippen LogP) is 4.21. The smallest absolute Gasteiger partial charge is 0.407 e. The number of fused-ring (bicyclic) bond motifs is 3. The van der Waals surface area contributed by atoms with Crippen molar-refractivity contribution < 1.29 is 47.8 Å². The second-order valence-electron chi connectivity index (χ2n) is 13.2. The molecule has 1 aliphatic carbocycles. The number of esters is 1. The number of nitrogens with zero attached hydrogens (tertiary/aromatic N) is 1. The summed E-state index contributed by atoms with van der Waals surface area (Å²) in [6, 6.07) is 11.8. The number of ether oxygens (including phenoxy) is 3. The summed E-state index contributed by atoms with van der Waals surface area (Å²) >= 11 is 0. The molecular formula is C36H48N4O10. The molecule has 0 heterocycles. The van der Waals surface area contributed by atoms with Gasteiger partial charge in [0.05, 0.1) is 13.0 Å². The van der Waals surface area contributed by atoms with Gasteiger partial charge >= 0.3 is 24.1 Å². The Morgan fingerprint density at radius 3 is 1.94 bits per heavy atom. The number of amides is 4. The zero-order valence-corrected chi connectivity index (χ0v) is 29.9. The van der Waals surface area contributed by atoms with E-state index in [1.165, 1.54) is 13.8 Å². The first-order chi connectivity index (χ1) is 23.5. The van der Waals surface area contributed by atoms with Crippen LogP contribution in [0, 0.1) is 5.92 Å². The Bertz CT molecular complexity index is 1510. The van der Waals surface area contributed by atoms with Gasteiger partial charge in [-0.3, -0.25) is 9.59 Å². The van der Waals surface area contributed by atoms with E-state index in [1.807, 2.05) is 48.5 Å². The standard InChI is InChI=1S/C36H48N4O10/c1-9-47-33(44)30(21(2)3)39-31(42)23(5)40(50-29(41)18-19-37-34(45)49-36(6,7)8)32(43)22(4)38-35(46)48-20-28-26-16-12-10-14-24(26)25-15-11-13-17-27(25)28/h10-17,21-23,28,30H,9,18-20H2,1-8H3,(H,37,45)(H,38,46)(H,39,42)/t22-,23+,30-/m0/s1. The fourth-order valence-electron chi connectivity index (χ4n) is 5.23. The fraction of sp³-hybridized carbons (Fsp3) is 0.500. The molecule has 0 saturated carbocycles. The van der Waals surface area contributed by atoms with Crippen LogP contribution >= 0.6 is 0 Å². The number of carbonyl (C=O) groups is 6. The molecule has 2 aromatic carbocycles. The normalized spacial score (nSPS) is 13.9. The molecule has 4 amide bonds. The molecule has 0 radical (unpaired) electrons. The molecule has 0 bridgehead atoms. The van der Waals surface area contributed by atoms with E-state index in [0.717, 1.165) is 22.3 Å². The number of hydrogen-bond acceptors (Lipinski definition) is 10. The van der Waals surface area contributed by atoms with Crippen molar-refractivity contribution in [1.29, 1.82) is 0 Å². The van der Waals surface area contributed by atoms with Crippen LogP contribution in [0.25, 0.3) is 11.1 Å². The molecule has 0 fully saturated rings. The first-order valence-electron chi connectivity index (χ1n) is 16.6. The summed E-state index contributed by atoms with van der Waals surface area (Å²) in [5.41, 5.74) is 3.35. The molecule has 272 valence electrons. The lowest BCUT2D eigenvalue weighted by Gasteiger charge is -2.30. The number of hydrogen-bond donors (Lipinski definition) is 3. The number of hydroxylamine groups is 2. The molecule has 0 aromatic heterocycles. The average Bonchev–Trinajstić information content (AvgIpc) is 3.36. The van der Waals surface area contributed by atoms with Crippen LogP contribution < -0.4 is 16.0 Å². The number of nitrogens with one attached hydrogen (secondary N) is 3. The summed E-state index contributed by atoms with van der Waals surface area (Å²) in [6.45, 7) is 12.6. The third-order valence-electron chi connectivity index (χ3n) is 7.70. The lowest BCUT2D eigenvalue weighted by molar-refractivity contribution is -0.207. The topological polar surface area (TPSA) is 179 Å². The molecule has 0 spiro atoms. The van der Waals surface area contributed by atoms with Gasteiger partial charge in [-0.15, -0.1) is 0 Å². The molecule has 0 saturated heterocycles. The van der Waals surface area contributed by atoms with E-state index in [-0.39, 0.29) is 38.0 Å². The highest BCUT2D eigenvalue weighted by molar-refractivity contribution is 5.93. The molecule has 2 aromatic rings. The molecule has 1 aliphatic rings. The van der Waals surface area contributed by atoms with E-state index in [4.69, 9.17) is 19.0 Å². The number of benzene rings is 2. The Kier molecular flexibility index (Phi) is 13.8. The highest BCUT2D eigenvalue weighted by atomic mass is 16.7. The number of alkyl carbamates (subject to hydrolysis) is 2. The molecular weight excluding hydrogens is 648 g/mol. The lowest BCUT2D eigenvalue weighted by atomic mass is 9.98. The van der Waals surface area contributed by atoms with Crippen molar-refractivity contribution in [2.45, 2.75) is 91.5 Å². The van der Waals surface area contributed by atoms with Crippen LogP contribution in [0.4, 0.5) is 9.59 Å². The van der Waals surface area contributed by atoms with E-state index < -0.39 is 59.7 Å². The zero-order valence-electron chi connectivity index (χ0n) is 29.9. The largest absolute Gasteiger partial charge is 0.464 e. The minimum absolute atomic E-state index is 0.00657. The van der Waals surface area contributed by atoms with Gasteiger partial charge in [0.2, 0.25) is 5.91 Å². The second-order valence-corrected chi connectivity index (χ2v) is 13.2. The minimum Gasteiger partial charge on any atom is -0.464 e. The van der Waals surface area contributed by atoms with Crippen molar-refractivity contribution in [2.75, 3.05) is 19.8 Å². The Balaban J connectivity index is 1.70. The lowest BCUT2D eigenvalue weighted by Crippen LogP contribution is -2.57. The van der Waals surface area contributed by atoms with Gasteiger partial charge in [0.25, 0.3) is 5.91 Å². The third kappa shape index (κ3) is 10.7. The maximum Gasteiger partial charge on any atom is 0.407 e. The number of carbonyl (C=O) groups excluding carboxylic acids is 6. The van der Waals surface area contributed by atoms with E-state index in [9.17, 15) is 28.8 Å². The Morgan fingerprint density at radius 1 is 0.820 bits per heavy atom. The van der Waals surface area contributed by atoms with Crippen molar-refractivity contribution in [3.63, 3.8) is 0 Å². The van der Waals surface area contributed by atoms with E-state index >= 15 is 0 Å². The monoisotopic (exact) mass is 696 g/mol. The Morgan fingerprint density at radius 2 is 1.40 bits per heavy atom. The van der Waals surface area contributed by atoms with Crippen LogP contribution in [0.2, 0.25) is 0 Å². The highest BCUT2D eigenvalue weighted by Crippen LogP contribution is 2.44. The first kappa shape index (κ1) is 39.3. The molecule has 3 N–H and O–H groups in total. The van der Waals surface area contributed by atoms with E-state index in [1.54, 1.807) is 41.5 Å². The second kappa shape index (κ2) is 17.5. The van der Waals surface area contributed by atoms with Crippen LogP contribution in [-0.2, 0) is 38.2 Å². The van der Waals surface area contributed by atoms with E-state index in [0.29, 0.717) is 5.06 Å². The molecule has 0 unspecified atom stereocenters. The molecule has 14 heteroatoms. The van der Waals surface area contributed by atoms with Gasteiger partial charge in [0.1, 0.15) is 30.3 Å². The third-order valence-corrected chi connectivity index (χ3v) is 7.70. The predicted molar refractivity (Wildman–Crippen MR) is 182 cm³/mol.